The summed E-state index contributed by atoms with van der Waals surface area (Å²) in [4.78, 5) is 14.0. The Morgan fingerprint density at radius 1 is 1.43 bits per heavy atom. The second-order valence-electron chi connectivity index (χ2n) is 2.61. The van der Waals surface area contributed by atoms with Crippen LogP contribution in [0, 0.1) is 0 Å². The molecule has 5 nitrogen and oxygen atoms in total. The fourth-order valence-electron chi connectivity index (χ4n) is 1.03. The highest BCUT2D eigenvalue weighted by Gasteiger charge is 2.40. The van der Waals surface area contributed by atoms with E-state index in [9.17, 15) is 18.0 Å². The minimum atomic E-state index is -4.57. The van der Waals surface area contributed by atoms with Gasteiger partial charge in [-0.3, -0.25) is 4.79 Å². The van der Waals surface area contributed by atoms with Crippen LogP contribution < -0.4 is 5.32 Å². The molecule has 0 aliphatic carbocycles. The Kier molecular flexibility index (Phi) is 1.66. The van der Waals surface area contributed by atoms with Crippen LogP contribution in [0.3, 0.4) is 0 Å². The lowest BCUT2D eigenvalue weighted by molar-refractivity contribution is -0.114. The molecule has 8 heteroatoms. The number of hydrogen-bond donors (Lipinski definition) is 1. The predicted molar refractivity (Wildman–Crippen MR) is 38.4 cm³/mol. The molecule has 0 fully saturated rings. The number of alkyl halides is 3. The lowest BCUT2D eigenvalue weighted by Gasteiger charge is -2.16. The van der Waals surface area contributed by atoms with E-state index in [0.717, 1.165) is 6.20 Å². The van der Waals surface area contributed by atoms with Crippen molar-refractivity contribution in [3.63, 3.8) is 0 Å². The number of nitrogens with one attached hydrogen (secondary N) is 1. The summed E-state index contributed by atoms with van der Waals surface area (Å²) in [5.74, 6) is -1.83. The Bertz CT molecular complexity index is 381. The summed E-state index contributed by atoms with van der Waals surface area (Å²) >= 11 is 0. The van der Waals surface area contributed by atoms with E-state index >= 15 is 0 Å². The number of amidine groups is 1. The molecular weight excluding hydrogens is 201 g/mol. The maximum absolute atomic E-state index is 12.1. The molecule has 0 spiro atoms. The van der Waals surface area contributed by atoms with Gasteiger partial charge in [0, 0.05) is 6.20 Å². The molecule has 0 aromatic heterocycles. The summed E-state index contributed by atoms with van der Waals surface area (Å²) < 4.78 is 36.3. The zero-order chi connectivity index (χ0) is 10.3. The molecule has 0 bridgehead atoms. The number of rotatable bonds is 0. The van der Waals surface area contributed by atoms with Crippen molar-refractivity contribution in [3.8, 4) is 0 Å². The number of nitrogens with zero attached hydrogens (tertiary/aromatic N) is 3. The van der Waals surface area contributed by atoms with Gasteiger partial charge in [0.25, 0.3) is 5.91 Å². The van der Waals surface area contributed by atoms with Crippen LogP contribution in [-0.2, 0) is 4.79 Å². The minimum absolute atomic E-state index is 0.0259. The number of aliphatic imine (C=N–C) groups is 1. The van der Waals surface area contributed by atoms with Crippen molar-refractivity contribution in [1.29, 1.82) is 0 Å². The molecule has 1 unspecified atom stereocenters. The lowest BCUT2D eigenvalue weighted by atomic mass is 10.2. The van der Waals surface area contributed by atoms with E-state index in [1.807, 2.05) is 5.32 Å². The highest BCUT2D eigenvalue weighted by Crippen LogP contribution is 2.25. The van der Waals surface area contributed by atoms with Crippen molar-refractivity contribution in [1.82, 2.24) is 5.32 Å². The Morgan fingerprint density at radius 3 is 2.79 bits per heavy atom. The molecule has 2 aliphatic rings. The van der Waals surface area contributed by atoms with Crippen LogP contribution in [0.15, 0.2) is 27.0 Å². The summed E-state index contributed by atoms with van der Waals surface area (Å²) in [6.45, 7) is 0. The Morgan fingerprint density at radius 2 is 2.14 bits per heavy atom. The van der Waals surface area contributed by atoms with Crippen LogP contribution in [0.2, 0.25) is 0 Å². The maximum Gasteiger partial charge on any atom is 0.449 e. The summed E-state index contributed by atoms with van der Waals surface area (Å²) in [6.07, 6.45) is -4.77. The number of halogens is 3. The smallest absolute Gasteiger partial charge is 0.342 e. The number of carbonyl (C=O) groups is 1. The SMILES string of the molecule is O=C1N=NC2N=C(C(F)(F)F)NC=C12. The standard InChI is InChI=1S/C6H3F3N4O/c7-6(8,9)5-10-1-2-3(11-5)12-13-4(2)14/h1,3H,(H,10,11). The molecule has 0 aromatic rings. The first-order valence-corrected chi connectivity index (χ1v) is 3.55. The van der Waals surface area contributed by atoms with Gasteiger partial charge in [-0.05, 0) is 0 Å². The molecular formula is C6H3F3N4O. The van der Waals surface area contributed by atoms with E-state index < -0.39 is 24.1 Å². The van der Waals surface area contributed by atoms with Gasteiger partial charge in [0.15, 0.2) is 6.17 Å². The Hall–Kier alpha value is -1.73. The zero-order valence-corrected chi connectivity index (χ0v) is 6.54. The highest BCUT2D eigenvalue weighted by molar-refractivity contribution is 6.00. The van der Waals surface area contributed by atoms with Gasteiger partial charge in [-0.2, -0.15) is 18.3 Å². The van der Waals surface area contributed by atoms with Crippen molar-refractivity contribution >= 4 is 11.7 Å². The first-order valence-electron chi connectivity index (χ1n) is 3.55. The molecule has 0 aromatic carbocycles. The third-order valence-electron chi connectivity index (χ3n) is 1.67. The Balaban J connectivity index is 2.28. The third-order valence-corrected chi connectivity index (χ3v) is 1.67. The van der Waals surface area contributed by atoms with Crippen LogP contribution in [-0.4, -0.2) is 24.1 Å². The number of hydrogen-bond acceptors (Lipinski definition) is 4. The first kappa shape index (κ1) is 8.85. The van der Waals surface area contributed by atoms with Crippen LogP contribution in [0.5, 0.6) is 0 Å². The summed E-state index contributed by atoms with van der Waals surface area (Å²) in [7, 11) is 0. The van der Waals surface area contributed by atoms with E-state index in [-0.39, 0.29) is 5.57 Å². The van der Waals surface area contributed by atoms with Gasteiger partial charge in [-0.25, -0.2) is 4.99 Å². The minimum Gasteiger partial charge on any atom is -0.342 e. The monoisotopic (exact) mass is 204 g/mol. The van der Waals surface area contributed by atoms with Gasteiger partial charge in [-0.15, -0.1) is 5.11 Å². The molecule has 0 saturated carbocycles. The zero-order valence-electron chi connectivity index (χ0n) is 6.54. The van der Waals surface area contributed by atoms with Crippen molar-refractivity contribution < 1.29 is 18.0 Å². The molecule has 1 amide bonds. The van der Waals surface area contributed by atoms with Crippen LogP contribution in [0.25, 0.3) is 0 Å². The van der Waals surface area contributed by atoms with E-state index in [0.29, 0.717) is 0 Å². The second kappa shape index (κ2) is 2.63. The molecule has 2 heterocycles. The fraction of sp³-hybridized carbons (Fsp3) is 0.333. The average molecular weight is 204 g/mol. The summed E-state index contributed by atoms with van der Waals surface area (Å²) in [6, 6.07) is 0. The van der Waals surface area contributed by atoms with Gasteiger partial charge >= 0.3 is 6.18 Å². The van der Waals surface area contributed by atoms with Crippen molar-refractivity contribution in [2.24, 2.45) is 15.2 Å². The van der Waals surface area contributed by atoms with E-state index in [1.165, 1.54) is 0 Å². The van der Waals surface area contributed by atoms with Crippen LogP contribution >= 0.6 is 0 Å². The average Bonchev–Trinajstić information content (AvgIpc) is 2.46. The molecule has 1 atom stereocenters. The van der Waals surface area contributed by atoms with Crippen molar-refractivity contribution in [2.75, 3.05) is 0 Å². The molecule has 0 saturated heterocycles. The molecule has 74 valence electrons. The summed E-state index contributed by atoms with van der Waals surface area (Å²) in [5, 5.41) is 8.27. The third kappa shape index (κ3) is 1.28. The van der Waals surface area contributed by atoms with Crippen molar-refractivity contribution in [3.05, 3.63) is 11.8 Å². The molecule has 2 aliphatic heterocycles. The quantitative estimate of drug-likeness (QED) is 0.632. The van der Waals surface area contributed by atoms with E-state index in [2.05, 4.69) is 15.2 Å². The molecule has 2 rings (SSSR count). The van der Waals surface area contributed by atoms with Gasteiger partial charge < -0.3 is 5.32 Å². The molecule has 0 radical (unpaired) electrons. The Labute approximate surface area is 75.4 Å². The van der Waals surface area contributed by atoms with Gasteiger partial charge in [0.2, 0.25) is 5.84 Å². The van der Waals surface area contributed by atoms with Crippen LogP contribution in [0.1, 0.15) is 0 Å². The van der Waals surface area contributed by atoms with Gasteiger partial charge in [-0.1, -0.05) is 0 Å². The number of amides is 1. The number of fused-ring (bicyclic) bond motifs is 1. The second-order valence-corrected chi connectivity index (χ2v) is 2.61. The summed E-state index contributed by atoms with van der Waals surface area (Å²) in [5.41, 5.74) is 0.0259. The van der Waals surface area contributed by atoms with Gasteiger partial charge in [0.05, 0.1) is 5.57 Å². The predicted octanol–water partition coefficient (Wildman–Crippen LogP) is 0.753. The topological polar surface area (TPSA) is 66.2 Å². The van der Waals surface area contributed by atoms with E-state index in [4.69, 9.17) is 0 Å². The van der Waals surface area contributed by atoms with E-state index in [1.54, 1.807) is 0 Å². The number of azo groups is 1. The molecule has 1 N–H and O–H groups in total. The fourth-order valence-corrected chi connectivity index (χ4v) is 1.03. The normalized spacial score (nSPS) is 25.4. The molecule has 14 heavy (non-hydrogen) atoms. The van der Waals surface area contributed by atoms with Gasteiger partial charge in [0.1, 0.15) is 0 Å². The first-order chi connectivity index (χ1) is 6.48. The van der Waals surface area contributed by atoms with Crippen molar-refractivity contribution in [2.45, 2.75) is 12.3 Å². The maximum atomic E-state index is 12.1. The highest BCUT2D eigenvalue weighted by atomic mass is 19.4. The van der Waals surface area contributed by atoms with Crippen LogP contribution in [0.4, 0.5) is 13.2 Å². The number of carbonyl (C=O) groups excluding carboxylic acids is 1. The largest absolute Gasteiger partial charge is 0.449 e. The lowest BCUT2D eigenvalue weighted by Crippen LogP contribution is -2.38.